The Morgan fingerprint density at radius 1 is 1.11 bits per heavy atom. The van der Waals surface area contributed by atoms with Crippen LogP contribution in [-0.4, -0.2) is 38.0 Å². The zero-order chi connectivity index (χ0) is 19.4. The van der Waals surface area contributed by atoms with E-state index in [-0.39, 0.29) is 5.97 Å². The number of ether oxygens (including phenoxy) is 1. The van der Waals surface area contributed by atoms with Gasteiger partial charge in [-0.05, 0) is 67.1 Å². The number of methoxy groups -OCH3 is 1. The lowest BCUT2D eigenvalue weighted by Crippen LogP contribution is -2.08. The van der Waals surface area contributed by atoms with Gasteiger partial charge in [0.1, 0.15) is 0 Å². The van der Waals surface area contributed by atoms with Gasteiger partial charge in [0.15, 0.2) is 0 Å². The molecule has 0 saturated heterocycles. The largest absolute Gasteiger partial charge is 0.465 e. The lowest BCUT2D eigenvalue weighted by Gasteiger charge is -2.13. The molecular formula is C22H23N3O2. The molecule has 2 aromatic carbocycles. The molecule has 0 amide bonds. The number of carbonyl (C=O) groups excluding carboxylic acids is 1. The summed E-state index contributed by atoms with van der Waals surface area (Å²) in [5.41, 5.74) is 5.47. The number of aliphatic imine (C=N–C) groups is 1. The van der Waals surface area contributed by atoms with Crippen molar-refractivity contribution in [3.63, 3.8) is 0 Å². The molecule has 0 aliphatic rings. The van der Waals surface area contributed by atoms with Gasteiger partial charge in [0.2, 0.25) is 0 Å². The quantitative estimate of drug-likeness (QED) is 0.500. The predicted molar refractivity (Wildman–Crippen MR) is 110 cm³/mol. The molecule has 3 rings (SSSR count). The van der Waals surface area contributed by atoms with Crippen molar-refractivity contribution in [1.29, 1.82) is 0 Å². The standard InChI is InChI=1S/C22H23N3O2/c1-16-14-17(22(26)27-4)7-12-21(16)23-15-20-6-5-13-25(20)19-10-8-18(9-11-19)24(2)3/h5-15H,1-4H3. The molecule has 5 nitrogen and oxygen atoms in total. The molecule has 0 bridgehead atoms. The van der Waals surface area contributed by atoms with E-state index in [0.29, 0.717) is 5.56 Å². The maximum atomic E-state index is 11.6. The maximum absolute atomic E-state index is 11.6. The highest BCUT2D eigenvalue weighted by Gasteiger charge is 2.07. The number of anilines is 1. The third-order valence-corrected chi connectivity index (χ3v) is 4.38. The Hall–Kier alpha value is -3.34. The molecule has 0 unspecified atom stereocenters. The van der Waals surface area contributed by atoms with E-state index < -0.39 is 0 Å². The highest BCUT2D eigenvalue weighted by molar-refractivity contribution is 5.90. The summed E-state index contributed by atoms with van der Waals surface area (Å²) in [6.07, 6.45) is 3.85. The van der Waals surface area contributed by atoms with Gasteiger partial charge in [-0.3, -0.25) is 4.99 Å². The number of esters is 1. The second-order valence-electron chi connectivity index (χ2n) is 6.46. The first-order valence-corrected chi connectivity index (χ1v) is 8.68. The number of hydrogen-bond donors (Lipinski definition) is 0. The summed E-state index contributed by atoms with van der Waals surface area (Å²) in [7, 11) is 5.43. The Bertz CT molecular complexity index is 969. The third-order valence-electron chi connectivity index (χ3n) is 4.38. The van der Waals surface area contributed by atoms with Crippen LogP contribution in [0.25, 0.3) is 5.69 Å². The number of carbonyl (C=O) groups is 1. The Morgan fingerprint density at radius 2 is 1.85 bits per heavy atom. The van der Waals surface area contributed by atoms with Crippen LogP contribution >= 0.6 is 0 Å². The number of rotatable bonds is 5. The first-order chi connectivity index (χ1) is 13.0. The molecule has 0 N–H and O–H groups in total. The van der Waals surface area contributed by atoms with Gasteiger partial charge >= 0.3 is 5.97 Å². The lowest BCUT2D eigenvalue weighted by molar-refractivity contribution is 0.0600. The number of hydrogen-bond acceptors (Lipinski definition) is 4. The van der Waals surface area contributed by atoms with Crippen LogP contribution in [0.1, 0.15) is 21.6 Å². The number of aryl methyl sites for hydroxylation is 1. The van der Waals surface area contributed by atoms with Gasteiger partial charge in [0, 0.05) is 31.7 Å². The van der Waals surface area contributed by atoms with Crippen LogP contribution in [0.2, 0.25) is 0 Å². The van der Waals surface area contributed by atoms with Crippen molar-refractivity contribution in [2.75, 3.05) is 26.1 Å². The first-order valence-electron chi connectivity index (χ1n) is 8.68. The predicted octanol–water partition coefficient (Wildman–Crippen LogP) is 4.39. The molecule has 0 aliphatic heterocycles. The Kier molecular flexibility index (Phi) is 5.41. The Morgan fingerprint density at radius 3 is 2.48 bits per heavy atom. The van der Waals surface area contributed by atoms with E-state index in [1.807, 2.05) is 51.6 Å². The van der Waals surface area contributed by atoms with Gasteiger partial charge in [0.05, 0.1) is 30.3 Å². The fourth-order valence-electron chi connectivity index (χ4n) is 2.83. The highest BCUT2D eigenvalue weighted by Crippen LogP contribution is 2.21. The summed E-state index contributed by atoms with van der Waals surface area (Å²) in [6, 6.07) is 17.7. The molecule has 27 heavy (non-hydrogen) atoms. The summed E-state index contributed by atoms with van der Waals surface area (Å²) < 4.78 is 6.84. The van der Waals surface area contributed by atoms with E-state index in [4.69, 9.17) is 4.74 Å². The number of nitrogens with zero attached hydrogens (tertiary/aromatic N) is 3. The van der Waals surface area contributed by atoms with Crippen molar-refractivity contribution in [3.05, 3.63) is 77.6 Å². The molecule has 0 fully saturated rings. The molecule has 5 heteroatoms. The van der Waals surface area contributed by atoms with Gasteiger partial charge in [0.25, 0.3) is 0 Å². The molecule has 0 atom stereocenters. The SMILES string of the molecule is COC(=O)c1ccc(N=Cc2cccn2-c2ccc(N(C)C)cc2)c(C)c1. The van der Waals surface area contributed by atoms with E-state index in [9.17, 15) is 4.79 Å². The summed E-state index contributed by atoms with van der Waals surface area (Å²) in [5.74, 6) is -0.344. The Balaban J connectivity index is 1.85. The molecule has 0 spiro atoms. The van der Waals surface area contributed by atoms with E-state index in [2.05, 4.69) is 38.7 Å². The minimum Gasteiger partial charge on any atom is -0.465 e. The van der Waals surface area contributed by atoms with Crippen molar-refractivity contribution in [1.82, 2.24) is 4.57 Å². The van der Waals surface area contributed by atoms with Gasteiger partial charge in [-0.25, -0.2) is 4.79 Å². The highest BCUT2D eigenvalue weighted by atomic mass is 16.5. The molecular weight excluding hydrogens is 338 g/mol. The molecule has 0 saturated carbocycles. The van der Waals surface area contributed by atoms with Gasteiger partial charge in [-0.1, -0.05) is 0 Å². The number of benzene rings is 2. The molecule has 1 aromatic heterocycles. The molecule has 1 heterocycles. The van der Waals surface area contributed by atoms with Gasteiger partial charge in [-0.15, -0.1) is 0 Å². The van der Waals surface area contributed by atoms with E-state index >= 15 is 0 Å². The first kappa shape index (κ1) is 18.5. The van der Waals surface area contributed by atoms with Crippen molar-refractivity contribution in [2.24, 2.45) is 4.99 Å². The number of aromatic nitrogens is 1. The Labute approximate surface area is 159 Å². The van der Waals surface area contributed by atoms with Crippen molar-refractivity contribution < 1.29 is 9.53 Å². The monoisotopic (exact) mass is 361 g/mol. The van der Waals surface area contributed by atoms with Crippen LogP contribution in [0.5, 0.6) is 0 Å². The van der Waals surface area contributed by atoms with E-state index in [0.717, 1.165) is 28.3 Å². The van der Waals surface area contributed by atoms with Crippen molar-refractivity contribution >= 4 is 23.6 Å². The normalized spacial score (nSPS) is 11.0. The minimum atomic E-state index is -0.344. The third kappa shape index (κ3) is 4.08. The van der Waals surface area contributed by atoms with Gasteiger partial charge in [-0.2, -0.15) is 0 Å². The van der Waals surface area contributed by atoms with Crippen molar-refractivity contribution in [2.45, 2.75) is 6.92 Å². The summed E-state index contributed by atoms with van der Waals surface area (Å²) in [4.78, 5) is 18.3. The zero-order valence-corrected chi connectivity index (χ0v) is 16.0. The van der Waals surface area contributed by atoms with Crippen molar-refractivity contribution in [3.8, 4) is 5.69 Å². The molecule has 0 radical (unpaired) electrons. The second-order valence-corrected chi connectivity index (χ2v) is 6.46. The molecule has 3 aromatic rings. The van der Waals surface area contributed by atoms with Gasteiger partial charge < -0.3 is 14.2 Å². The second kappa shape index (κ2) is 7.91. The van der Waals surface area contributed by atoms with Crippen LogP contribution in [0.15, 0.2) is 65.8 Å². The lowest BCUT2D eigenvalue weighted by atomic mass is 10.1. The van der Waals surface area contributed by atoms with Crippen LogP contribution in [0.4, 0.5) is 11.4 Å². The smallest absolute Gasteiger partial charge is 0.337 e. The summed E-state index contributed by atoms with van der Waals surface area (Å²) in [5, 5.41) is 0. The van der Waals surface area contributed by atoms with Crippen LogP contribution in [0, 0.1) is 6.92 Å². The average Bonchev–Trinajstić information content (AvgIpc) is 3.15. The molecule has 0 aliphatic carbocycles. The zero-order valence-electron chi connectivity index (χ0n) is 16.0. The molecule has 138 valence electrons. The fraction of sp³-hybridized carbons (Fsp3) is 0.182. The summed E-state index contributed by atoms with van der Waals surface area (Å²) in [6.45, 7) is 1.93. The average molecular weight is 361 g/mol. The fourth-order valence-corrected chi connectivity index (χ4v) is 2.83. The maximum Gasteiger partial charge on any atom is 0.337 e. The summed E-state index contributed by atoms with van der Waals surface area (Å²) >= 11 is 0. The van der Waals surface area contributed by atoms with Crippen LogP contribution < -0.4 is 4.90 Å². The van der Waals surface area contributed by atoms with E-state index in [1.165, 1.54) is 7.11 Å². The minimum absolute atomic E-state index is 0.344. The topological polar surface area (TPSA) is 46.8 Å². The van der Waals surface area contributed by atoms with Crippen LogP contribution in [0.3, 0.4) is 0 Å². The van der Waals surface area contributed by atoms with Crippen LogP contribution in [-0.2, 0) is 4.74 Å². The van der Waals surface area contributed by atoms with E-state index in [1.54, 1.807) is 12.1 Å².